The van der Waals surface area contributed by atoms with Gasteiger partial charge >= 0.3 is 0 Å². The Morgan fingerprint density at radius 2 is 1.80 bits per heavy atom. The highest BCUT2D eigenvalue weighted by Gasteiger charge is 2.53. The molecule has 1 fully saturated rings. The van der Waals surface area contributed by atoms with Crippen LogP contribution in [0.2, 0.25) is 0 Å². The van der Waals surface area contributed by atoms with Gasteiger partial charge in [-0.05, 0) is 36.6 Å². The molecule has 3 atom stereocenters. The molecule has 1 heterocycles. The number of ether oxygens (including phenoxy) is 1. The van der Waals surface area contributed by atoms with Crippen molar-refractivity contribution in [3.05, 3.63) is 64.2 Å². The fraction of sp³-hybridized carbons (Fsp3) is 0.381. The van der Waals surface area contributed by atoms with E-state index in [2.05, 4.69) is 6.07 Å². The van der Waals surface area contributed by atoms with Crippen LogP contribution in [0.1, 0.15) is 52.7 Å². The van der Waals surface area contributed by atoms with E-state index in [0.717, 1.165) is 22.3 Å². The second-order valence-electron chi connectivity index (χ2n) is 7.33. The van der Waals surface area contributed by atoms with Crippen molar-refractivity contribution in [2.75, 3.05) is 0 Å². The summed E-state index contributed by atoms with van der Waals surface area (Å²) < 4.78 is 34.7. The Bertz CT molecular complexity index is 867. The second kappa shape index (κ2) is 5.56. The molecular weight excluding hydrogens is 320 g/mol. The number of halogens is 2. The first kappa shape index (κ1) is 16.1. The van der Waals surface area contributed by atoms with Gasteiger partial charge in [0.2, 0.25) is 5.92 Å². The van der Waals surface area contributed by atoms with Crippen LogP contribution >= 0.6 is 0 Å². The Hall–Kier alpha value is -2.41. The van der Waals surface area contributed by atoms with Crippen LogP contribution in [0.3, 0.4) is 0 Å². The van der Waals surface area contributed by atoms with Crippen molar-refractivity contribution in [3.8, 4) is 11.8 Å². The zero-order valence-electron chi connectivity index (χ0n) is 14.2. The summed E-state index contributed by atoms with van der Waals surface area (Å²) in [5.41, 5.74) is 4.11. The summed E-state index contributed by atoms with van der Waals surface area (Å²) in [6, 6.07) is 13.7. The smallest absolute Gasteiger partial charge is 0.249 e. The molecule has 2 aliphatic rings. The van der Waals surface area contributed by atoms with Crippen molar-refractivity contribution in [3.63, 3.8) is 0 Å². The molecule has 0 amide bonds. The Labute approximate surface area is 146 Å². The number of hydrogen-bond acceptors (Lipinski definition) is 2. The van der Waals surface area contributed by atoms with Gasteiger partial charge in [-0.2, -0.15) is 5.26 Å². The van der Waals surface area contributed by atoms with Crippen molar-refractivity contribution >= 4 is 0 Å². The van der Waals surface area contributed by atoms with E-state index in [1.165, 1.54) is 0 Å². The zero-order chi connectivity index (χ0) is 17.8. The predicted molar refractivity (Wildman–Crippen MR) is 90.9 cm³/mol. The summed E-state index contributed by atoms with van der Waals surface area (Å²) in [7, 11) is 0. The molecule has 25 heavy (non-hydrogen) atoms. The van der Waals surface area contributed by atoms with E-state index in [0.29, 0.717) is 11.3 Å². The fourth-order valence-electron chi connectivity index (χ4n) is 4.28. The molecule has 2 aromatic rings. The summed E-state index contributed by atoms with van der Waals surface area (Å²) in [4.78, 5) is 0. The topological polar surface area (TPSA) is 33.0 Å². The molecule has 2 aromatic carbocycles. The third-order valence-electron chi connectivity index (χ3n) is 5.39. The molecule has 0 unspecified atom stereocenters. The van der Waals surface area contributed by atoms with Crippen LogP contribution in [0.5, 0.6) is 5.75 Å². The molecule has 4 heteroatoms. The van der Waals surface area contributed by atoms with E-state index in [9.17, 15) is 14.0 Å². The normalized spacial score (nSPS) is 26.3. The lowest BCUT2D eigenvalue weighted by Gasteiger charge is -2.36. The number of alkyl halides is 2. The standard InChI is InChI=1S/C21H19F2NO/c1-12-3-5-14(6-4-12)19-18-10-21(22,23)9-17(18)16-8-13(2)7-15(11-24)20(16)25-19/h3-8,17-19H,9-10H2,1-2H3/t17-,18-,19-/m1/s1. The number of rotatable bonds is 1. The van der Waals surface area contributed by atoms with Gasteiger partial charge in [0.05, 0.1) is 5.56 Å². The maximum Gasteiger partial charge on any atom is 0.249 e. The van der Waals surface area contributed by atoms with Crippen molar-refractivity contribution in [2.24, 2.45) is 5.92 Å². The van der Waals surface area contributed by atoms with E-state index < -0.39 is 12.0 Å². The lowest BCUT2D eigenvalue weighted by atomic mass is 9.79. The van der Waals surface area contributed by atoms with Crippen molar-refractivity contribution in [1.82, 2.24) is 0 Å². The molecule has 128 valence electrons. The highest BCUT2D eigenvalue weighted by atomic mass is 19.3. The number of benzene rings is 2. The fourth-order valence-corrected chi connectivity index (χ4v) is 4.28. The van der Waals surface area contributed by atoms with Gasteiger partial charge in [-0.15, -0.1) is 0 Å². The summed E-state index contributed by atoms with van der Waals surface area (Å²) in [5, 5.41) is 9.48. The molecule has 1 aliphatic heterocycles. The summed E-state index contributed by atoms with van der Waals surface area (Å²) in [6.07, 6.45) is -0.794. The molecule has 0 aromatic heterocycles. The summed E-state index contributed by atoms with van der Waals surface area (Å²) in [6.45, 7) is 3.87. The quantitative estimate of drug-likeness (QED) is 0.693. The molecule has 4 rings (SSSR count). The van der Waals surface area contributed by atoms with Crippen molar-refractivity contribution in [1.29, 1.82) is 5.26 Å². The van der Waals surface area contributed by atoms with Gasteiger partial charge in [0.25, 0.3) is 0 Å². The highest BCUT2D eigenvalue weighted by molar-refractivity contribution is 5.54. The van der Waals surface area contributed by atoms with Gasteiger partial charge < -0.3 is 4.74 Å². The molecule has 2 nitrogen and oxygen atoms in total. The van der Waals surface area contributed by atoms with E-state index in [1.807, 2.05) is 44.2 Å². The Kier molecular flexibility index (Phi) is 3.57. The largest absolute Gasteiger partial charge is 0.484 e. The lowest BCUT2D eigenvalue weighted by molar-refractivity contribution is -0.00232. The highest BCUT2D eigenvalue weighted by Crippen LogP contribution is 2.58. The van der Waals surface area contributed by atoms with Crippen LogP contribution in [0.25, 0.3) is 0 Å². The minimum absolute atomic E-state index is 0.175. The van der Waals surface area contributed by atoms with Crippen LogP contribution in [-0.2, 0) is 0 Å². The molecule has 1 aliphatic carbocycles. The summed E-state index contributed by atoms with van der Waals surface area (Å²) >= 11 is 0. The lowest BCUT2D eigenvalue weighted by Crippen LogP contribution is -2.27. The van der Waals surface area contributed by atoms with Gasteiger partial charge in [0.15, 0.2) is 0 Å². The first-order valence-corrected chi connectivity index (χ1v) is 8.54. The van der Waals surface area contributed by atoms with Crippen molar-refractivity contribution < 1.29 is 13.5 Å². The Morgan fingerprint density at radius 1 is 1.08 bits per heavy atom. The molecule has 1 saturated carbocycles. The van der Waals surface area contributed by atoms with E-state index in [1.54, 1.807) is 6.07 Å². The second-order valence-corrected chi connectivity index (χ2v) is 7.33. The van der Waals surface area contributed by atoms with E-state index in [4.69, 9.17) is 4.74 Å². The number of fused-ring (bicyclic) bond motifs is 3. The van der Waals surface area contributed by atoms with Gasteiger partial charge in [-0.1, -0.05) is 35.9 Å². The van der Waals surface area contributed by atoms with Gasteiger partial charge in [0.1, 0.15) is 17.9 Å². The van der Waals surface area contributed by atoms with Crippen LogP contribution in [0, 0.1) is 31.1 Å². The third kappa shape index (κ3) is 2.68. The monoisotopic (exact) mass is 339 g/mol. The molecule has 0 bridgehead atoms. The average molecular weight is 339 g/mol. The molecule has 0 radical (unpaired) electrons. The zero-order valence-corrected chi connectivity index (χ0v) is 14.2. The average Bonchev–Trinajstić information content (AvgIpc) is 2.90. The minimum atomic E-state index is -2.69. The SMILES string of the molecule is Cc1ccc([C@H]2Oc3c(C#N)cc(C)cc3[C@H]3CC(F)(F)C[C@H]32)cc1. The third-order valence-corrected chi connectivity index (χ3v) is 5.39. The molecule has 0 N–H and O–H groups in total. The van der Waals surface area contributed by atoms with Crippen LogP contribution < -0.4 is 4.74 Å². The number of hydrogen-bond donors (Lipinski definition) is 0. The number of nitrogens with zero attached hydrogens (tertiary/aromatic N) is 1. The first-order chi connectivity index (χ1) is 11.9. The van der Waals surface area contributed by atoms with Crippen LogP contribution in [0.15, 0.2) is 36.4 Å². The van der Waals surface area contributed by atoms with Gasteiger partial charge in [0, 0.05) is 24.7 Å². The molecule has 0 spiro atoms. The Balaban J connectivity index is 1.86. The maximum atomic E-state index is 14.3. The molecule has 0 saturated heterocycles. The predicted octanol–water partition coefficient (Wildman–Crippen LogP) is 5.44. The van der Waals surface area contributed by atoms with Gasteiger partial charge in [-0.3, -0.25) is 0 Å². The minimum Gasteiger partial charge on any atom is -0.484 e. The van der Waals surface area contributed by atoms with E-state index in [-0.39, 0.29) is 24.7 Å². The van der Waals surface area contributed by atoms with Crippen molar-refractivity contribution in [2.45, 2.75) is 44.6 Å². The van der Waals surface area contributed by atoms with Crippen LogP contribution in [-0.4, -0.2) is 5.92 Å². The Morgan fingerprint density at radius 3 is 2.48 bits per heavy atom. The summed E-state index contributed by atoms with van der Waals surface area (Å²) in [5.74, 6) is -2.77. The van der Waals surface area contributed by atoms with E-state index >= 15 is 0 Å². The number of aryl methyl sites for hydroxylation is 2. The maximum absolute atomic E-state index is 14.3. The van der Waals surface area contributed by atoms with Crippen LogP contribution in [0.4, 0.5) is 8.78 Å². The number of nitriles is 1. The molecular formula is C21H19F2NO. The first-order valence-electron chi connectivity index (χ1n) is 8.54. The van der Waals surface area contributed by atoms with Gasteiger partial charge in [-0.25, -0.2) is 8.78 Å².